The van der Waals surface area contributed by atoms with Gasteiger partial charge in [0, 0.05) is 5.39 Å². The van der Waals surface area contributed by atoms with Crippen LogP contribution in [-0.4, -0.2) is 24.1 Å². The molecule has 0 bridgehead atoms. The monoisotopic (exact) mass is 264 g/mol. The summed E-state index contributed by atoms with van der Waals surface area (Å²) in [5.41, 5.74) is 0. The Hall–Kier alpha value is -1.81. The molecule has 0 spiro atoms. The van der Waals surface area contributed by atoms with Crippen molar-refractivity contribution in [2.75, 3.05) is 18.5 Å². The number of esters is 1. The molecule has 1 aromatic carbocycles. The minimum atomic E-state index is -0.316. The summed E-state index contributed by atoms with van der Waals surface area (Å²) in [5, 5.41) is 5.23. The molecule has 94 valence electrons. The summed E-state index contributed by atoms with van der Waals surface area (Å²) >= 11 is 5.93. The van der Waals surface area contributed by atoms with Crippen LogP contribution in [0.25, 0.3) is 10.8 Å². The number of hydrogen-bond donors (Lipinski definition) is 1. The second-order valence-corrected chi connectivity index (χ2v) is 4.06. The smallest absolute Gasteiger partial charge is 0.325 e. The number of ether oxygens (including phenoxy) is 1. The number of carbonyl (C=O) groups excluding carboxylic acids is 1. The van der Waals surface area contributed by atoms with E-state index in [0.717, 1.165) is 10.8 Å². The van der Waals surface area contributed by atoms with Gasteiger partial charge in [-0.3, -0.25) is 4.79 Å². The summed E-state index contributed by atoms with van der Waals surface area (Å²) in [6, 6.07) is 9.48. The molecule has 0 saturated carbocycles. The van der Waals surface area contributed by atoms with Crippen molar-refractivity contribution in [3.63, 3.8) is 0 Å². The van der Waals surface area contributed by atoms with Crippen LogP contribution in [0.4, 0.5) is 5.82 Å². The normalized spacial score (nSPS) is 10.3. The standard InChI is InChI=1S/C13H13ClN2O2/c1-2-18-12(17)8-15-13-10-6-4-3-5-9(10)7-11(14)16-13/h3-7H,2,8H2,1H3,(H,15,16). The molecule has 0 aliphatic rings. The first-order valence-electron chi connectivity index (χ1n) is 5.65. The van der Waals surface area contributed by atoms with E-state index in [1.165, 1.54) is 0 Å². The molecule has 1 heterocycles. The van der Waals surface area contributed by atoms with Gasteiger partial charge in [0.15, 0.2) is 0 Å². The molecule has 0 fully saturated rings. The minimum absolute atomic E-state index is 0.0746. The molecule has 0 unspecified atom stereocenters. The van der Waals surface area contributed by atoms with Crippen molar-refractivity contribution in [1.29, 1.82) is 0 Å². The molecule has 18 heavy (non-hydrogen) atoms. The van der Waals surface area contributed by atoms with Gasteiger partial charge in [0.2, 0.25) is 0 Å². The van der Waals surface area contributed by atoms with Crippen LogP contribution in [0.5, 0.6) is 0 Å². The lowest BCUT2D eigenvalue weighted by Crippen LogP contribution is -2.17. The fraction of sp³-hybridized carbons (Fsp3) is 0.231. The van der Waals surface area contributed by atoms with Gasteiger partial charge < -0.3 is 10.1 Å². The fourth-order valence-electron chi connectivity index (χ4n) is 1.67. The maximum Gasteiger partial charge on any atom is 0.325 e. The minimum Gasteiger partial charge on any atom is -0.465 e. The van der Waals surface area contributed by atoms with Gasteiger partial charge in [-0.25, -0.2) is 4.98 Å². The molecule has 0 aliphatic heterocycles. The molecule has 4 nitrogen and oxygen atoms in total. The fourth-order valence-corrected chi connectivity index (χ4v) is 1.87. The molecule has 1 aromatic heterocycles. The zero-order chi connectivity index (χ0) is 13.0. The number of nitrogens with zero attached hydrogens (tertiary/aromatic N) is 1. The van der Waals surface area contributed by atoms with E-state index in [-0.39, 0.29) is 12.5 Å². The van der Waals surface area contributed by atoms with Crippen LogP contribution < -0.4 is 5.32 Å². The van der Waals surface area contributed by atoms with E-state index >= 15 is 0 Å². The molecule has 0 saturated heterocycles. The van der Waals surface area contributed by atoms with E-state index < -0.39 is 0 Å². The van der Waals surface area contributed by atoms with Crippen molar-refractivity contribution in [1.82, 2.24) is 4.98 Å². The lowest BCUT2D eigenvalue weighted by Gasteiger charge is -2.09. The summed E-state index contributed by atoms with van der Waals surface area (Å²) < 4.78 is 4.84. The highest BCUT2D eigenvalue weighted by Crippen LogP contribution is 2.24. The molecule has 0 atom stereocenters. The number of nitrogens with one attached hydrogen (secondary N) is 1. The Labute approximate surface area is 110 Å². The molecule has 0 amide bonds. The van der Waals surface area contributed by atoms with Crippen molar-refractivity contribution in [2.24, 2.45) is 0 Å². The Balaban J connectivity index is 2.24. The number of hydrogen-bond acceptors (Lipinski definition) is 4. The molecule has 2 rings (SSSR count). The van der Waals surface area contributed by atoms with Gasteiger partial charge in [-0.15, -0.1) is 0 Å². The maximum atomic E-state index is 11.3. The Morgan fingerprint density at radius 1 is 1.44 bits per heavy atom. The van der Waals surface area contributed by atoms with Gasteiger partial charge in [0.05, 0.1) is 6.61 Å². The number of rotatable bonds is 4. The largest absolute Gasteiger partial charge is 0.465 e. The molecular formula is C13H13ClN2O2. The number of anilines is 1. The third-order valence-electron chi connectivity index (χ3n) is 2.41. The highest BCUT2D eigenvalue weighted by molar-refractivity contribution is 6.30. The Morgan fingerprint density at radius 2 is 2.22 bits per heavy atom. The van der Waals surface area contributed by atoms with Crippen molar-refractivity contribution in [3.8, 4) is 0 Å². The van der Waals surface area contributed by atoms with Crippen LogP contribution in [-0.2, 0) is 9.53 Å². The van der Waals surface area contributed by atoms with E-state index in [1.807, 2.05) is 24.3 Å². The zero-order valence-corrected chi connectivity index (χ0v) is 10.7. The summed E-state index contributed by atoms with van der Waals surface area (Å²) in [6.07, 6.45) is 0. The van der Waals surface area contributed by atoms with Crippen LogP contribution in [0, 0.1) is 0 Å². The second kappa shape index (κ2) is 5.69. The highest BCUT2D eigenvalue weighted by Gasteiger charge is 2.07. The van der Waals surface area contributed by atoms with E-state index in [9.17, 15) is 4.79 Å². The zero-order valence-electron chi connectivity index (χ0n) is 9.94. The van der Waals surface area contributed by atoms with Crippen LogP contribution in [0.1, 0.15) is 6.92 Å². The predicted molar refractivity (Wildman–Crippen MR) is 71.9 cm³/mol. The quantitative estimate of drug-likeness (QED) is 0.681. The first-order chi connectivity index (χ1) is 8.70. The third-order valence-corrected chi connectivity index (χ3v) is 2.61. The van der Waals surface area contributed by atoms with Crippen molar-refractivity contribution < 1.29 is 9.53 Å². The maximum absolute atomic E-state index is 11.3. The van der Waals surface area contributed by atoms with Gasteiger partial charge in [0.1, 0.15) is 17.5 Å². The number of fused-ring (bicyclic) bond motifs is 1. The van der Waals surface area contributed by atoms with Gasteiger partial charge in [-0.1, -0.05) is 35.9 Å². The predicted octanol–water partition coefficient (Wildman–Crippen LogP) is 2.86. The van der Waals surface area contributed by atoms with Gasteiger partial charge >= 0.3 is 5.97 Å². The van der Waals surface area contributed by atoms with Crippen LogP contribution in [0.2, 0.25) is 5.15 Å². The van der Waals surface area contributed by atoms with Crippen LogP contribution in [0.3, 0.4) is 0 Å². The number of halogens is 1. The van der Waals surface area contributed by atoms with Crippen molar-refractivity contribution >= 4 is 34.2 Å². The Kier molecular flexibility index (Phi) is 3.99. The Bertz CT molecular complexity index is 572. The van der Waals surface area contributed by atoms with Crippen molar-refractivity contribution in [3.05, 3.63) is 35.5 Å². The second-order valence-electron chi connectivity index (χ2n) is 3.67. The lowest BCUT2D eigenvalue weighted by atomic mass is 10.1. The summed E-state index contributed by atoms with van der Waals surface area (Å²) in [4.78, 5) is 15.5. The molecule has 5 heteroatoms. The first kappa shape index (κ1) is 12.6. The summed E-state index contributed by atoms with van der Waals surface area (Å²) in [6.45, 7) is 2.21. The van der Waals surface area contributed by atoms with Crippen LogP contribution >= 0.6 is 11.6 Å². The summed E-state index contributed by atoms with van der Waals surface area (Å²) in [7, 11) is 0. The van der Waals surface area contributed by atoms with Crippen molar-refractivity contribution in [2.45, 2.75) is 6.92 Å². The van der Waals surface area contributed by atoms with E-state index in [1.54, 1.807) is 13.0 Å². The molecule has 0 aliphatic carbocycles. The number of pyridine rings is 1. The van der Waals surface area contributed by atoms with Crippen LogP contribution in [0.15, 0.2) is 30.3 Å². The number of benzene rings is 1. The van der Waals surface area contributed by atoms with E-state index in [4.69, 9.17) is 16.3 Å². The molecule has 2 aromatic rings. The first-order valence-corrected chi connectivity index (χ1v) is 6.03. The topological polar surface area (TPSA) is 51.2 Å². The molecule has 1 N–H and O–H groups in total. The molecule has 0 radical (unpaired) electrons. The molecular weight excluding hydrogens is 252 g/mol. The SMILES string of the molecule is CCOC(=O)CNc1nc(Cl)cc2ccccc12. The lowest BCUT2D eigenvalue weighted by molar-refractivity contribution is -0.140. The van der Waals surface area contributed by atoms with Gasteiger partial charge in [0.25, 0.3) is 0 Å². The summed E-state index contributed by atoms with van der Waals surface area (Å²) in [5.74, 6) is 0.273. The third kappa shape index (κ3) is 2.90. The Morgan fingerprint density at radius 3 is 3.00 bits per heavy atom. The average Bonchev–Trinajstić information content (AvgIpc) is 2.36. The average molecular weight is 265 g/mol. The number of carbonyl (C=O) groups is 1. The highest BCUT2D eigenvalue weighted by atomic mass is 35.5. The van der Waals surface area contributed by atoms with E-state index in [0.29, 0.717) is 17.6 Å². The van der Waals surface area contributed by atoms with E-state index in [2.05, 4.69) is 10.3 Å². The number of aromatic nitrogens is 1. The van der Waals surface area contributed by atoms with Gasteiger partial charge in [-0.05, 0) is 18.4 Å². The van der Waals surface area contributed by atoms with Gasteiger partial charge in [-0.2, -0.15) is 0 Å².